The van der Waals surface area contributed by atoms with Gasteiger partial charge in [-0.15, -0.1) is 0 Å². The van der Waals surface area contributed by atoms with Crippen molar-refractivity contribution < 1.29 is 4.74 Å². The van der Waals surface area contributed by atoms with Crippen LogP contribution < -0.4 is 10.5 Å². The van der Waals surface area contributed by atoms with Gasteiger partial charge in [-0.2, -0.15) is 0 Å². The molecule has 0 aliphatic rings. The molecular formula is C14H22ClNO. The molecular weight excluding hydrogens is 234 g/mol. The average molecular weight is 256 g/mol. The first-order valence-electron chi connectivity index (χ1n) is 6.18. The number of nitrogens with two attached hydrogens (primary N) is 1. The van der Waals surface area contributed by atoms with Crippen LogP contribution in [0.3, 0.4) is 0 Å². The van der Waals surface area contributed by atoms with E-state index in [9.17, 15) is 0 Å². The summed E-state index contributed by atoms with van der Waals surface area (Å²) in [5.41, 5.74) is 6.87. The molecule has 0 aromatic heterocycles. The van der Waals surface area contributed by atoms with Gasteiger partial charge < -0.3 is 10.5 Å². The Balaban J connectivity index is 2.58. The molecule has 1 aromatic carbocycles. The molecule has 0 aliphatic carbocycles. The lowest BCUT2D eigenvalue weighted by Crippen LogP contribution is -2.09. The van der Waals surface area contributed by atoms with Crippen LogP contribution in [0.25, 0.3) is 0 Å². The lowest BCUT2D eigenvalue weighted by Gasteiger charge is -2.14. The van der Waals surface area contributed by atoms with E-state index in [0.717, 1.165) is 30.3 Å². The first-order chi connectivity index (χ1) is 8.00. The minimum Gasteiger partial charge on any atom is -0.493 e. The van der Waals surface area contributed by atoms with Crippen molar-refractivity contribution in [2.45, 2.75) is 39.7 Å². The second-order valence-corrected chi connectivity index (χ2v) is 5.29. The van der Waals surface area contributed by atoms with Crippen LogP contribution in [0, 0.1) is 5.92 Å². The van der Waals surface area contributed by atoms with Gasteiger partial charge in [0.05, 0.1) is 6.61 Å². The number of rotatable bonds is 6. The zero-order chi connectivity index (χ0) is 12.8. The van der Waals surface area contributed by atoms with E-state index in [1.54, 1.807) is 0 Å². The molecule has 0 saturated carbocycles. The van der Waals surface area contributed by atoms with Crippen molar-refractivity contribution in [2.75, 3.05) is 6.61 Å². The molecule has 17 heavy (non-hydrogen) atoms. The molecule has 0 amide bonds. The van der Waals surface area contributed by atoms with Gasteiger partial charge in [-0.3, -0.25) is 0 Å². The summed E-state index contributed by atoms with van der Waals surface area (Å²) in [6.07, 6.45) is 2.25. The molecule has 2 N–H and O–H groups in total. The molecule has 96 valence electrons. The largest absolute Gasteiger partial charge is 0.493 e. The molecule has 0 spiro atoms. The Morgan fingerprint density at radius 3 is 2.59 bits per heavy atom. The highest BCUT2D eigenvalue weighted by molar-refractivity contribution is 6.30. The van der Waals surface area contributed by atoms with Crippen LogP contribution in [0.5, 0.6) is 5.75 Å². The van der Waals surface area contributed by atoms with Gasteiger partial charge in [-0.1, -0.05) is 25.4 Å². The third-order valence-corrected chi connectivity index (χ3v) is 2.88. The van der Waals surface area contributed by atoms with E-state index in [-0.39, 0.29) is 6.04 Å². The van der Waals surface area contributed by atoms with E-state index in [2.05, 4.69) is 13.8 Å². The normalized spacial score (nSPS) is 12.8. The van der Waals surface area contributed by atoms with Crippen molar-refractivity contribution in [1.82, 2.24) is 0 Å². The Hall–Kier alpha value is -0.730. The standard InChI is InChI=1S/C14H22ClNO/c1-10(2)5-4-8-17-14-7-6-12(15)9-13(14)11(3)16/h6-7,9-11H,4-5,8,16H2,1-3H3/t11-/m1/s1. The average Bonchev–Trinajstić information content (AvgIpc) is 2.25. The summed E-state index contributed by atoms with van der Waals surface area (Å²) < 4.78 is 5.77. The van der Waals surface area contributed by atoms with Gasteiger partial charge in [-0.25, -0.2) is 0 Å². The quantitative estimate of drug-likeness (QED) is 0.774. The van der Waals surface area contributed by atoms with Gasteiger partial charge in [-0.05, 0) is 43.9 Å². The number of ether oxygens (including phenoxy) is 1. The lowest BCUT2D eigenvalue weighted by atomic mass is 10.1. The van der Waals surface area contributed by atoms with Gasteiger partial charge in [0.1, 0.15) is 5.75 Å². The summed E-state index contributed by atoms with van der Waals surface area (Å²) in [5.74, 6) is 1.57. The summed E-state index contributed by atoms with van der Waals surface area (Å²) in [6, 6.07) is 5.56. The van der Waals surface area contributed by atoms with Crippen LogP contribution >= 0.6 is 11.6 Å². The van der Waals surface area contributed by atoms with E-state index in [1.807, 2.05) is 25.1 Å². The number of benzene rings is 1. The van der Waals surface area contributed by atoms with Crippen molar-refractivity contribution >= 4 is 11.6 Å². The Labute approximate surface area is 109 Å². The molecule has 1 aromatic rings. The topological polar surface area (TPSA) is 35.2 Å². The highest BCUT2D eigenvalue weighted by Crippen LogP contribution is 2.27. The lowest BCUT2D eigenvalue weighted by molar-refractivity contribution is 0.294. The van der Waals surface area contributed by atoms with E-state index in [0.29, 0.717) is 5.02 Å². The Kier molecular flexibility index (Phi) is 5.79. The van der Waals surface area contributed by atoms with Crippen molar-refractivity contribution in [2.24, 2.45) is 11.7 Å². The third kappa shape index (κ3) is 4.97. The SMILES string of the molecule is CC(C)CCCOc1ccc(Cl)cc1[C@@H](C)N. The summed E-state index contributed by atoms with van der Waals surface area (Å²) in [5, 5.41) is 0.701. The van der Waals surface area contributed by atoms with Gasteiger partial charge in [0.25, 0.3) is 0 Å². The monoisotopic (exact) mass is 255 g/mol. The van der Waals surface area contributed by atoms with E-state index in [4.69, 9.17) is 22.1 Å². The number of hydrogen-bond donors (Lipinski definition) is 1. The summed E-state index contributed by atoms with van der Waals surface area (Å²) >= 11 is 5.95. The van der Waals surface area contributed by atoms with Crippen LogP contribution in [-0.2, 0) is 0 Å². The van der Waals surface area contributed by atoms with Crippen LogP contribution in [0.1, 0.15) is 45.2 Å². The number of halogens is 1. The molecule has 3 heteroatoms. The summed E-state index contributed by atoms with van der Waals surface area (Å²) in [7, 11) is 0. The van der Waals surface area contributed by atoms with E-state index >= 15 is 0 Å². The van der Waals surface area contributed by atoms with Gasteiger partial charge in [0, 0.05) is 16.6 Å². The van der Waals surface area contributed by atoms with Crippen molar-refractivity contribution in [3.05, 3.63) is 28.8 Å². The molecule has 0 radical (unpaired) electrons. The van der Waals surface area contributed by atoms with E-state index < -0.39 is 0 Å². The molecule has 0 aliphatic heterocycles. The van der Waals surface area contributed by atoms with E-state index in [1.165, 1.54) is 6.42 Å². The molecule has 1 rings (SSSR count). The van der Waals surface area contributed by atoms with Crippen LogP contribution in [0.15, 0.2) is 18.2 Å². The predicted molar refractivity (Wildman–Crippen MR) is 73.6 cm³/mol. The second-order valence-electron chi connectivity index (χ2n) is 4.86. The third-order valence-electron chi connectivity index (χ3n) is 2.65. The summed E-state index contributed by atoms with van der Waals surface area (Å²) in [4.78, 5) is 0. The maximum absolute atomic E-state index is 5.95. The summed E-state index contributed by atoms with van der Waals surface area (Å²) in [6.45, 7) is 7.11. The van der Waals surface area contributed by atoms with Crippen molar-refractivity contribution in [3.63, 3.8) is 0 Å². The zero-order valence-electron chi connectivity index (χ0n) is 10.9. The molecule has 0 heterocycles. The Morgan fingerprint density at radius 2 is 2.00 bits per heavy atom. The molecule has 1 atom stereocenters. The minimum absolute atomic E-state index is 0.0613. The van der Waals surface area contributed by atoms with Gasteiger partial charge in [0.2, 0.25) is 0 Å². The molecule has 0 unspecified atom stereocenters. The smallest absolute Gasteiger partial charge is 0.124 e. The Morgan fingerprint density at radius 1 is 1.29 bits per heavy atom. The highest BCUT2D eigenvalue weighted by Gasteiger charge is 2.08. The predicted octanol–water partition coefficient (Wildman–Crippen LogP) is 4.17. The van der Waals surface area contributed by atoms with Gasteiger partial charge in [0.15, 0.2) is 0 Å². The van der Waals surface area contributed by atoms with Gasteiger partial charge >= 0.3 is 0 Å². The molecule has 0 bridgehead atoms. The fourth-order valence-corrected chi connectivity index (χ4v) is 1.86. The van der Waals surface area contributed by atoms with Crippen molar-refractivity contribution in [3.8, 4) is 5.75 Å². The van der Waals surface area contributed by atoms with Crippen molar-refractivity contribution in [1.29, 1.82) is 0 Å². The van der Waals surface area contributed by atoms with Crippen LogP contribution in [0.2, 0.25) is 5.02 Å². The fourth-order valence-electron chi connectivity index (χ4n) is 1.68. The maximum atomic E-state index is 5.95. The maximum Gasteiger partial charge on any atom is 0.124 e. The molecule has 2 nitrogen and oxygen atoms in total. The Bertz CT molecular complexity index is 350. The fraction of sp³-hybridized carbons (Fsp3) is 0.571. The second kappa shape index (κ2) is 6.87. The minimum atomic E-state index is -0.0613. The molecule has 0 fully saturated rings. The zero-order valence-corrected chi connectivity index (χ0v) is 11.6. The molecule has 0 saturated heterocycles. The highest BCUT2D eigenvalue weighted by atomic mass is 35.5. The van der Waals surface area contributed by atoms with Crippen LogP contribution in [-0.4, -0.2) is 6.61 Å². The first kappa shape index (κ1) is 14.3. The van der Waals surface area contributed by atoms with Crippen LogP contribution in [0.4, 0.5) is 0 Å². The first-order valence-corrected chi connectivity index (χ1v) is 6.56. The number of hydrogen-bond acceptors (Lipinski definition) is 2.